The lowest BCUT2D eigenvalue weighted by Gasteiger charge is -1.95. The molecule has 0 aromatic heterocycles. The first-order valence-electron chi connectivity index (χ1n) is 7.11. The van der Waals surface area contributed by atoms with Gasteiger partial charge in [-0.2, -0.15) is 0 Å². The highest BCUT2D eigenvalue weighted by atomic mass is 16.2. The zero-order chi connectivity index (χ0) is 14.2. The second-order valence-corrected chi connectivity index (χ2v) is 4.35. The average molecular weight is 260 g/mol. The summed E-state index contributed by atoms with van der Waals surface area (Å²) in [4.78, 5) is 11.3. The summed E-state index contributed by atoms with van der Waals surface area (Å²) in [5.74, 6) is 10.2. The van der Waals surface area contributed by atoms with E-state index in [2.05, 4.69) is 30.6 Å². The molecule has 0 fully saturated rings. The number of hydrogen-bond acceptors (Lipinski definition) is 2. The van der Waals surface area contributed by atoms with Gasteiger partial charge in [0, 0.05) is 13.0 Å². The summed E-state index contributed by atoms with van der Waals surface area (Å²) in [5, 5.41) is 8.53. The van der Waals surface area contributed by atoms with Gasteiger partial charge in [-0.05, 0) is 43.1 Å². The molecule has 0 radical (unpaired) electrons. The van der Waals surface area contributed by atoms with E-state index in [0.29, 0.717) is 12.8 Å². The van der Waals surface area contributed by atoms with Crippen LogP contribution in [0.3, 0.4) is 0 Å². The number of allylic oxidation sites excluding steroid dienone is 2. The molecule has 0 aliphatic carbocycles. The van der Waals surface area contributed by atoms with Crippen molar-refractivity contribution in [2.75, 3.05) is 6.61 Å². The van der Waals surface area contributed by atoms with Crippen LogP contribution >= 0.6 is 0 Å². The molecule has 0 aromatic rings. The first kappa shape index (κ1) is 17.5. The van der Waals surface area contributed by atoms with Crippen molar-refractivity contribution in [3.8, 4) is 23.7 Å². The monoisotopic (exact) mass is 260 g/mol. The zero-order valence-corrected chi connectivity index (χ0v) is 11.9. The van der Waals surface area contributed by atoms with Crippen LogP contribution in [0, 0.1) is 23.7 Å². The van der Waals surface area contributed by atoms with E-state index in [1.807, 2.05) is 6.08 Å². The molecule has 0 spiro atoms. The highest BCUT2D eigenvalue weighted by molar-refractivity contribution is 6.04. The van der Waals surface area contributed by atoms with E-state index in [0.717, 1.165) is 12.8 Å². The predicted molar refractivity (Wildman–Crippen MR) is 79.4 cm³/mol. The molecule has 0 heterocycles. The fourth-order valence-corrected chi connectivity index (χ4v) is 1.46. The van der Waals surface area contributed by atoms with Crippen molar-refractivity contribution < 1.29 is 9.90 Å². The Labute approximate surface area is 117 Å². The van der Waals surface area contributed by atoms with Gasteiger partial charge in [-0.15, -0.1) is 0 Å². The highest BCUT2D eigenvalue weighted by Gasteiger charge is 1.89. The van der Waals surface area contributed by atoms with E-state index in [1.54, 1.807) is 0 Å². The number of hydrogen-bond donors (Lipinski definition) is 1. The van der Waals surface area contributed by atoms with E-state index >= 15 is 0 Å². The Morgan fingerprint density at radius 3 is 2.63 bits per heavy atom. The molecule has 0 saturated carbocycles. The Morgan fingerprint density at radius 2 is 1.89 bits per heavy atom. The minimum atomic E-state index is -0.190. The molecule has 0 rings (SSSR count). The van der Waals surface area contributed by atoms with Crippen molar-refractivity contribution in [2.45, 2.75) is 58.3 Å². The van der Waals surface area contributed by atoms with Crippen LogP contribution in [0.1, 0.15) is 58.3 Å². The standard InChI is InChI=1S/C17H24O2/c1-2-3-4-5-6-8-11-14-17(19)15-12-9-7-10-13-16-18/h11,14,18H,2-6,8,10,13,16H2,1H3/b14-11-. The molecule has 0 aliphatic heterocycles. The van der Waals surface area contributed by atoms with Gasteiger partial charge in [0.15, 0.2) is 0 Å². The van der Waals surface area contributed by atoms with E-state index < -0.39 is 0 Å². The number of rotatable bonds is 9. The van der Waals surface area contributed by atoms with Crippen LogP contribution in [0.4, 0.5) is 0 Å². The Kier molecular flexibility index (Phi) is 13.4. The van der Waals surface area contributed by atoms with Crippen LogP contribution in [0.5, 0.6) is 0 Å². The number of unbranched alkanes of at least 4 members (excludes halogenated alkanes) is 6. The van der Waals surface area contributed by atoms with E-state index in [4.69, 9.17) is 5.11 Å². The van der Waals surface area contributed by atoms with Crippen LogP contribution in [0.15, 0.2) is 12.2 Å². The summed E-state index contributed by atoms with van der Waals surface area (Å²) in [6.45, 7) is 2.34. The molecule has 19 heavy (non-hydrogen) atoms. The third-order valence-electron chi connectivity index (χ3n) is 2.54. The van der Waals surface area contributed by atoms with Crippen molar-refractivity contribution >= 4 is 5.78 Å². The zero-order valence-electron chi connectivity index (χ0n) is 11.9. The maximum absolute atomic E-state index is 11.3. The Bertz CT molecular complexity index is 372. The Morgan fingerprint density at radius 1 is 1.11 bits per heavy atom. The highest BCUT2D eigenvalue weighted by Crippen LogP contribution is 2.05. The molecular formula is C17H24O2. The Hall–Kier alpha value is -1.51. The lowest BCUT2D eigenvalue weighted by atomic mass is 10.1. The summed E-state index contributed by atoms with van der Waals surface area (Å²) in [6.07, 6.45) is 11.8. The van der Waals surface area contributed by atoms with Crippen LogP contribution in [-0.2, 0) is 4.79 Å². The van der Waals surface area contributed by atoms with E-state index in [9.17, 15) is 4.79 Å². The molecule has 0 amide bonds. The van der Waals surface area contributed by atoms with Crippen molar-refractivity contribution in [2.24, 2.45) is 0 Å². The second-order valence-electron chi connectivity index (χ2n) is 4.35. The molecular weight excluding hydrogens is 236 g/mol. The van der Waals surface area contributed by atoms with Crippen LogP contribution in [0.2, 0.25) is 0 Å². The summed E-state index contributed by atoms with van der Waals surface area (Å²) in [5.41, 5.74) is 0. The molecule has 104 valence electrons. The number of ketones is 1. The summed E-state index contributed by atoms with van der Waals surface area (Å²) in [7, 11) is 0. The van der Waals surface area contributed by atoms with Crippen molar-refractivity contribution in [3.63, 3.8) is 0 Å². The topological polar surface area (TPSA) is 37.3 Å². The fraction of sp³-hybridized carbons (Fsp3) is 0.588. The normalized spacial score (nSPS) is 9.58. The van der Waals surface area contributed by atoms with Gasteiger partial charge in [-0.1, -0.05) is 44.6 Å². The maximum Gasteiger partial charge on any atom is 0.229 e. The van der Waals surface area contributed by atoms with Crippen LogP contribution in [0.25, 0.3) is 0 Å². The van der Waals surface area contributed by atoms with Gasteiger partial charge in [-0.3, -0.25) is 4.79 Å². The third-order valence-corrected chi connectivity index (χ3v) is 2.54. The molecule has 2 nitrogen and oxygen atoms in total. The van der Waals surface area contributed by atoms with Crippen LogP contribution < -0.4 is 0 Å². The average Bonchev–Trinajstić information content (AvgIpc) is 2.41. The van der Waals surface area contributed by atoms with Crippen molar-refractivity contribution in [3.05, 3.63) is 12.2 Å². The van der Waals surface area contributed by atoms with Gasteiger partial charge in [0.05, 0.1) is 0 Å². The third kappa shape index (κ3) is 14.4. The lowest BCUT2D eigenvalue weighted by molar-refractivity contribution is -0.109. The molecule has 0 aromatic carbocycles. The quantitative estimate of drug-likeness (QED) is 0.299. The van der Waals surface area contributed by atoms with Crippen molar-refractivity contribution in [1.29, 1.82) is 0 Å². The predicted octanol–water partition coefficient (Wildman–Crippen LogP) is 3.25. The molecule has 0 aliphatic rings. The lowest BCUT2D eigenvalue weighted by Crippen LogP contribution is -1.85. The van der Waals surface area contributed by atoms with E-state index in [-0.39, 0.29) is 12.4 Å². The summed E-state index contributed by atoms with van der Waals surface area (Å²) in [6, 6.07) is 0. The van der Waals surface area contributed by atoms with E-state index in [1.165, 1.54) is 31.8 Å². The summed E-state index contributed by atoms with van der Waals surface area (Å²) < 4.78 is 0. The molecule has 2 heteroatoms. The Balaban J connectivity index is 3.66. The molecule has 0 atom stereocenters. The first-order valence-corrected chi connectivity index (χ1v) is 7.11. The number of carbonyl (C=O) groups is 1. The summed E-state index contributed by atoms with van der Waals surface area (Å²) >= 11 is 0. The minimum absolute atomic E-state index is 0.141. The van der Waals surface area contributed by atoms with Crippen LogP contribution in [-0.4, -0.2) is 17.5 Å². The molecule has 0 bridgehead atoms. The van der Waals surface area contributed by atoms with Gasteiger partial charge >= 0.3 is 0 Å². The van der Waals surface area contributed by atoms with Crippen molar-refractivity contribution in [1.82, 2.24) is 0 Å². The first-order chi connectivity index (χ1) is 9.31. The SMILES string of the molecule is CCCCCCC/C=C\C(=O)C#CC#CCCCO. The number of aliphatic hydroxyl groups is 1. The molecule has 0 saturated heterocycles. The molecule has 1 N–H and O–H groups in total. The maximum atomic E-state index is 11.3. The van der Waals surface area contributed by atoms with Gasteiger partial charge < -0.3 is 5.11 Å². The second kappa shape index (κ2) is 14.6. The number of aliphatic hydroxyl groups excluding tert-OH is 1. The van der Waals surface area contributed by atoms with Gasteiger partial charge in [0.25, 0.3) is 0 Å². The fourth-order valence-electron chi connectivity index (χ4n) is 1.46. The van der Waals surface area contributed by atoms with Gasteiger partial charge in [0.1, 0.15) is 0 Å². The number of carbonyl (C=O) groups excluding carboxylic acids is 1. The largest absolute Gasteiger partial charge is 0.396 e. The van der Waals surface area contributed by atoms with Gasteiger partial charge in [0.2, 0.25) is 5.78 Å². The van der Waals surface area contributed by atoms with Gasteiger partial charge in [-0.25, -0.2) is 0 Å². The molecule has 0 unspecified atom stereocenters. The minimum Gasteiger partial charge on any atom is -0.396 e. The smallest absolute Gasteiger partial charge is 0.229 e.